The van der Waals surface area contributed by atoms with Crippen molar-refractivity contribution < 1.29 is 18.7 Å². The minimum absolute atomic E-state index is 0.102. The van der Waals surface area contributed by atoms with Crippen LogP contribution in [0.4, 0.5) is 8.78 Å². The second-order valence-corrected chi connectivity index (χ2v) is 3.38. The minimum Gasteiger partial charge on any atom is -0.481 e. The maximum Gasteiger partial charge on any atom is 0.303 e. The summed E-state index contributed by atoms with van der Waals surface area (Å²) in [6.45, 7) is 0. The molecule has 0 aliphatic rings. The summed E-state index contributed by atoms with van der Waals surface area (Å²) in [4.78, 5) is 10.4. The average Bonchev–Trinajstić information content (AvgIpc) is 2.17. The number of halogens is 2. The van der Waals surface area contributed by atoms with Crippen molar-refractivity contribution >= 4 is 5.97 Å². The molecule has 0 saturated heterocycles. The fourth-order valence-corrected chi connectivity index (χ4v) is 1.39. The van der Waals surface area contributed by atoms with Crippen LogP contribution in [0.3, 0.4) is 0 Å². The molecular weight excluding hydrogens is 202 g/mol. The molecule has 0 amide bonds. The molecule has 1 rings (SSSR count). The summed E-state index contributed by atoms with van der Waals surface area (Å²) in [5.74, 6) is -2.29. The van der Waals surface area contributed by atoms with Crippen LogP contribution in [0.1, 0.15) is 12.0 Å². The normalized spacial score (nSPS) is 12.7. The Balaban J connectivity index is 2.63. The van der Waals surface area contributed by atoms with Crippen LogP contribution in [0.25, 0.3) is 0 Å². The van der Waals surface area contributed by atoms with Crippen molar-refractivity contribution in [2.75, 3.05) is 0 Å². The highest BCUT2D eigenvalue weighted by Crippen LogP contribution is 2.19. The van der Waals surface area contributed by atoms with E-state index in [1.54, 1.807) is 30.3 Å². The Kier molecular flexibility index (Phi) is 4.21. The third kappa shape index (κ3) is 4.06. The largest absolute Gasteiger partial charge is 0.481 e. The van der Waals surface area contributed by atoms with Crippen molar-refractivity contribution in [3.63, 3.8) is 0 Å². The summed E-state index contributed by atoms with van der Waals surface area (Å²) in [5, 5.41) is 8.48. The van der Waals surface area contributed by atoms with Crippen LogP contribution in [-0.2, 0) is 11.2 Å². The Labute approximate surface area is 86.5 Å². The quantitative estimate of drug-likeness (QED) is 0.817. The summed E-state index contributed by atoms with van der Waals surface area (Å²) >= 11 is 0. The third-order valence-electron chi connectivity index (χ3n) is 2.13. The van der Waals surface area contributed by atoms with Crippen molar-refractivity contribution in [2.45, 2.75) is 19.3 Å². The standard InChI is InChI=1S/C11H12F2O2/c12-11(13)9(7-10(14)15)6-8-4-2-1-3-5-8/h1-5,9,11H,6-7H2,(H,14,15). The predicted octanol–water partition coefficient (Wildman–Crippen LogP) is 2.59. The predicted molar refractivity (Wildman–Crippen MR) is 51.9 cm³/mol. The minimum atomic E-state index is -2.60. The summed E-state index contributed by atoms with van der Waals surface area (Å²) in [7, 11) is 0. The molecule has 0 fully saturated rings. The number of carboxylic acids is 1. The maximum atomic E-state index is 12.5. The zero-order valence-corrected chi connectivity index (χ0v) is 8.07. The van der Waals surface area contributed by atoms with Gasteiger partial charge in [0.15, 0.2) is 0 Å². The molecule has 0 aromatic heterocycles. The first kappa shape index (κ1) is 11.6. The van der Waals surface area contributed by atoms with E-state index in [0.717, 1.165) is 5.56 Å². The van der Waals surface area contributed by atoms with Gasteiger partial charge in [-0.05, 0) is 12.0 Å². The molecule has 1 unspecified atom stereocenters. The van der Waals surface area contributed by atoms with Crippen molar-refractivity contribution in [2.24, 2.45) is 5.92 Å². The number of benzene rings is 1. The smallest absolute Gasteiger partial charge is 0.303 e. The molecule has 0 aliphatic heterocycles. The van der Waals surface area contributed by atoms with Gasteiger partial charge in [-0.15, -0.1) is 0 Å². The fraction of sp³-hybridized carbons (Fsp3) is 0.364. The number of aliphatic carboxylic acids is 1. The van der Waals surface area contributed by atoms with Crippen molar-refractivity contribution in [1.29, 1.82) is 0 Å². The molecule has 1 aromatic rings. The zero-order chi connectivity index (χ0) is 11.3. The molecule has 0 radical (unpaired) electrons. The lowest BCUT2D eigenvalue weighted by Crippen LogP contribution is -2.18. The van der Waals surface area contributed by atoms with Crippen molar-refractivity contribution in [3.05, 3.63) is 35.9 Å². The number of hydrogen-bond acceptors (Lipinski definition) is 1. The van der Waals surface area contributed by atoms with Crippen LogP contribution in [-0.4, -0.2) is 17.5 Å². The van der Waals surface area contributed by atoms with E-state index in [-0.39, 0.29) is 6.42 Å². The molecule has 1 N–H and O–H groups in total. The Morgan fingerprint density at radius 2 is 1.87 bits per heavy atom. The first-order valence-corrected chi connectivity index (χ1v) is 4.63. The highest BCUT2D eigenvalue weighted by atomic mass is 19.3. The lowest BCUT2D eigenvalue weighted by Gasteiger charge is -2.13. The van der Waals surface area contributed by atoms with Crippen molar-refractivity contribution in [3.8, 4) is 0 Å². The van der Waals surface area contributed by atoms with Crippen LogP contribution in [0.2, 0.25) is 0 Å². The van der Waals surface area contributed by atoms with Crippen LogP contribution in [0.15, 0.2) is 30.3 Å². The van der Waals surface area contributed by atoms with Gasteiger partial charge in [0.05, 0.1) is 6.42 Å². The van der Waals surface area contributed by atoms with Gasteiger partial charge in [0.2, 0.25) is 6.43 Å². The molecule has 0 heterocycles. The number of hydrogen-bond donors (Lipinski definition) is 1. The maximum absolute atomic E-state index is 12.5. The SMILES string of the molecule is O=C(O)CC(Cc1ccccc1)C(F)F. The second kappa shape index (κ2) is 5.44. The van der Waals surface area contributed by atoms with Crippen LogP contribution in [0, 0.1) is 5.92 Å². The highest BCUT2D eigenvalue weighted by molar-refractivity contribution is 5.67. The molecule has 82 valence electrons. The number of carboxylic acid groups (broad SMARTS) is 1. The Morgan fingerprint density at radius 3 is 2.33 bits per heavy atom. The summed E-state index contributed by atoms with van der Waals surface area (Å²) < 4.78 is 25.0. The van der Waals surface area contributed by atoms with E-state index >= 15 is 0 Å². The van der Waals surface area contributed by atoms with Gasteiger partial charge in [-0.3, -0.25) is 4.79 Å². The van der Waals surface area contributed by atoms with E-state index in [1.165, 1.54) is 0 Å². The van der Waals surface area contributed by atoms with Gasteiger partial charge in [-0.1, -0.05) is 30.3 Å². The third-order valence-corrected chi connectivity index (χ3v) is 2.13. The Bertz CT molecular complexity index is 312. The van der Waals surface area contributed by atoms with Crippen molar-refractivity contribution in [1.82, 2.24) is 0 Å². The molecule has 4 heteroatoms. The van der Waals surface area contributed by atoms with Gasteiger partial charge in [0, 0.05) is 5.92 Å². The number of alkyl halides is 2. The molecular formula is C11H12F2O2. The molecule has 0 saturated carbocycles. The van der Waals surface area contributed by atoms with E-state index in [4.69, 9.17) is 5.11 Å². The molecule has 1 atom stereocenters. The van der Waals surface area contributed by atoms with Crippen LogP contribution < -0.4 is 0 Å². The summed E-state index contributed by atoms with van der Waals surface area (Å²) in [6.07, 6.45) is -2.99. The fourth-order valence-electron chi connectivity index (χ4n) is 1.39. The van der Waals surface area contributed by atoms with Gasteiger partial charge in [0.1, 0.15) is 0 Å². The Morgan fingerprint density at radius 1 is 1.27 bits per heavy atom. The van der Waals surface area contributed by atoms with E-state index in [2.05, 4.69) is 0 Å². The highest BCUT2D eigenvalue weighted by Gasteiger charge is 2.23. The molecule has 2 nitrogen and oxygen atoms in total. The summed E-state index contributed by atoms with van der Waals surface area (Å²) in [6, 6.07) is 8.73. The molecule has 15 heavy (non-hydrogen) atoms. The van der Waals surface area contributed by atoms with Gasteiger partial charge >= 0.3 is 5.97 Å². The van der Waals surface area contributed by atoms with Gasteiger partial charge in [-0.25, -0.2) is 8.78 Å². The second-order valence-electron chi connectivity index (χ2n) is 3.38. The first-order valence-electron chi connectivity index (χ1n) is 4.63. The van der Waals surface area contributed by atoms with E-state index in [9.17, 15) is 13.6 Å². The Hall–Kier alpha value is -1.45. The van der Waals surface area contributed by atoms with Gasteiger partial charge < -0.3 is 5.11 Å². The summed E-state index contributed by atoms with van der Waals surface area (Å²) in [5.41, 5.74) is 0.740. The molecule has 1 aromatic carbocycles. The number of rotatable bonds is 5. The van der Waals surface area contributed by atoms with Gasteiger partial charge in [0.25, 0.3) is 0 Å². The topological polar surface area (TPSA) is 37.3 Å². The van der Waals surface area contributed by atoms with E-state index in [1.807, 2.05) is 0 Å². The first-order chi connectivity index (χ1) is 7.09. The van der Waals surface area contributed by atoms with Crippen LogP contribution in [0.5, 0.6) is 0 Å². The molecule has 0 aliphatic carbocycles. The van der Waals surface area contributed by atoms with Gasteiger partial charge in [-0.2, -0.15) is 0 Å². The molecule has 0 spiro atoms. The monoisotopic (exact) mass is 214 g/mol. The van der Waals surface area contributed by atoms with Crippen LogP contribution >= 0.6 is 0 Å². The zero-order valence-electron chi connectivity index (χ0n) is 8.07. The molecule has 0 bridgehead atoms. The number of carbonyl (C=O) groups is 1. The average molecular weight is 214 g/mol. The lowest BCUT2D eigenvalue weighted by molar-refractivity contribution is -0.139. The van der Waals surface area contributed by atoms with E-state index in [0.29, 0.717) is 0 Å². The van der Waals surface area contributed by atoms with E-state index < -0.39 is 24.7 Å². The lowest BCUT2D eigenvalue weighted by atomic mass is 9.97.